The molecule has 2 heterocycles. The summed E-state index contributed by atoms with van der Waals surface area (Å²) in [4.78, 5) is 37.6. The van der Waals surface area contributed by atoms with Crippen LogP contribution < -0.4 is 15.0 Å². The van der Waals surface area contributed by atoms with Crippen LogP contribution in [0.4, 0.5) is 11.4 Å². The Labute approximate surface area is 150 Å². The normalized spacial score (nSPS) is 19.1. The number of piperidine rings is 1. The molecule has 2 aromatic rings. The summed E-state index contributed by atoms with van der Waals surface area (Å²) in [5.74, 6) is 0.148. The summed E-state index contributed by atoms with van der Waals surface area (Å²) in [6.07, 6.45) is 1.34. The van der Waals surface area contributed by atoms with Crippen molar-refractivity contribution in [2.24, 2.45) is 0 Å². The van der Waals surface area contributed by atoms with Gasteiger partial charge in [0.1, 0.15) is 5.75 Å². The maximum absolute atomic E-state index is 12.4. The van der Waals surface area contributed by atoms with Gasteiger partial charge in [0, 0.05) is 24.9 Å². The van der Waals surface area contributed by atoms with Gasteiger partial charge >= 0.3 is 0 Å². The minimum Gasteiger partial charge on any atom is -0.480 e. The number of hydrogen-bond donors (Lipinski definition) is 1. The lowest BCUT2D eigenvalue weighted by Crippen LogP contribution is -2.40. The van der Waals surface area contributed by atoms with Crippen molar-refractivity contribution in [1.82, 2.24) is 0 Å². The van der Waals surface area contributed by atoms with Gasteiger partial charge in [-0.2, -0.15) is 0 Å². The van der Waals surface area contributed by atoms with Crippen LogP contribution in [0.2, 0.25) is 0 Å². The minimum absolute atomic E-state index is 0.185. The maximum atomic E-state index is 12.4. The second-order valence-electron chi connectivity index (χ2n) is 6.43. The van der Waals surface area contributed by atoms with Gasteiger partial charge in [-0.25, -0.2) is 0 Å². The lowest BCUT2D eigenvalue weighted by atomic mass is 10.1. The summed E-state index contributed by atoms with van der Waals surface area (Å²) in [6, 6.07) is 14.3. The van der Waals surface area contributed by atoms with Gasteiger partial charge < -0.3 is 10.1 Å². The molecule has 1 saturated heterocycles. The van der Waals surface area contributed by atoms with Crippen molar-refractivity contribution < 1.29 is 19.1 Å². The number of carbonyl (C=O) groups excluding carboxylic acids is 3. The summed E-state index contributed by atoms with van der Waals surface area (Å²) in [5.41, 5.74) is 2.14. The molecular weight excluding hydrogens is 332 g/mol. The average molecular weight is 350 g/mol. The zero-order valence-electron chi connectivity index (χ0n) is 14.1. The highest BCUT2D eigenvalue weighted by molar-refractivity contribution is 6.16. The largest absolute Gasteiger partial charge is 0.480 e. The first-order chi connectivity index (χ1) is 12.6. The molecule has 1 atom stereocenters. The van der Waals surface area contributed by atoms with Gasteiger partial charge in [0.2, 0.25) is 11.8 Å². The van der Waals surface area contributed by atoms with Crippen molar-refractivity contribution in [2.75, 3.05) is 10.2 Å². The zero-order chi connectivity index (χ0) is 18.1. The van der Waals surface area contributed by atoms with Gasteiger partial charge in [0.25, 0.3) is 5.91 Å². The summed E-state index contributed by atoms with van der Waals surface area (Å²) in [6.45, 7) is 0. The molecule has 1 N–H and O–H groups in total. The molecule has 26 heavy (non-hydrogen) atoms. The van der Waals surface area contributed by atoms with Crippen LogP contribution in [0.1, 0.15) is 24.8 Å². The number of benzene rings is 2. The molecule has 0 aromatic heterocycles. The minimum atomic E-state index is -0.558. The van der Waals surface area contributed by atoms with E-state index in [4.69, 9.17) is 4.74 Å². The van der Waals surface area contributed by atoms with E-state index in [0.717, 1.165) is 11.3 Å². The van der Waals surface area contributed by atoms with Crippen LogP contribution in [-0.4, -0.2) is 23.8 Å². The number of rotatable bonds is 3. The van der Waals surface area contributed by atoms with Gasteiger partial charge in [0.05, 0.1) is 5.69 Å². The van der Waals surface area contributed by atoms with Crippen LogP contribution in [0.15, 0.2) is 48.5 Å². The first-order valence-corrected chi connectivity index (χ1v) is 8.63. The van der Waals surface area contributed by atoms with E-state index >= 15 is 0 Å². The quantitative estimate of drug-likeness (QED) is 0.864. The second-order valence-corrected chi connectivity index (χ2v) is 6.43. The van der Waals surface area contributed by atoms with Crippen molar-refractivity contribution in [1.29, 1.82) is 0 Å². The fourth-order valence-corrected chi connectivity index (χ4v) is 3.29. The number of nitrogens with zero attached hydrogens (tertiary/aromatic N) is 1. The van der Waals surface area contributed by atoms with Crippen LogP contribution in [0, 0.1) is 0 Å². The molecule has 1 unspecified atom stereocenters. The third-order valence-electron chi connectivity index (χ3n) is 4.61. The van der Waals surface area contributed by atoms with Crippen LogP contribution >= 0.6 is 0 Å². The molecule has 2 aliphatic rings. The van der Waals surface area contributed by atoms with Crippen molar-refractivity contribution in [3.63, 3.8) is 0 Å². The van der Waals surface area contributed by atoms with Crippen molar-refractivity contribution in [3.8, 4) is 5.75 Å². The van der Waals surface area contributed by atoms with Crippen molar-refractivity contribution in [2.45, 2.75) is 31.8 Å². The van der Waals surface area contributed by atoms with Gasteiger partial charge in [-0.3, -0.25) is 19.3 Å². The van der Waals surface area contributed by atoms with E-state index in [0.29, 0.717) is 37.1 Å². The molecular formula is C20H18N2O4. The molecule has 2 aromatic carbocycles. The number of carbonyl (C=O) groups is 3. The number of imide groups is 1. The number of nitrogens with one attached hydrogen (secondary N) is 1. The Balaban J connectivity index is 1.42. The van der Waals surface area contributed by atoms with Crippen molar-refractivity contribution in [3.05, 3.63) is 54.1 Å². The lowest BCUT2D eigenvalue weighted by molar-refractivity contribution is -0.129. The molecule has 0 saturated carbocycles. The van der Waals surface area contributed by atoms with E-state index in [9.17, 15) is 14.4 Å². The number of fused-ring (bicyclic) bond motifs is 1. The topological polar surface area (TPSA) is 75.7 Å². The van der Waals surface area contributed by atoms with Crippen LogP contribution in [0.3, 0.4) is 0 Å². The Kier molecular flexibility index (Phi) is 4.16. The molecule has 4 rings (SSSR count). The Morgan fingerprint density at radius 3 is 2.38 bits per heavy atom. The third-order valence-corrected chi connectivity index (χ3v) is 4.61. The monoisotopic (exact) mass is 350 g/mol. The van der Waals surface area contributed by atoms with E-state index < -0.39 is 6.10 Å². The average Bonchev–Trinajstić information content (AvgIpc) is 3.07. The molecule has 1 fully saturated rings. The van der Waals surface area contributed by atoms with E-state index in [-0.39, 0.29) is 17.7 Å². The Hall–Kier alpha value is -3.15. The highest BCUT2D eigenvalue weighted by Crippen LogP contribution is 2.29. The van der Waals surface area contributed by atoms with E-state index in [1.807, 2.05) is 24.3 Å². The molecule has 6 nitrogen and oxygen atoms in total. The standard InChI is InChI=1S/C20H18N2O4/c23-18-6-3-7-19(24)22(18)15-10-8-14(9-11-15)21-20(25)17-12-13-4-1-2-5-16(13)26-17/h1-2,4-5,8-11,17H,3,6-7,12H2,(H,21,25). The SMILES string of the molecule is O=C(Nc1ccc(N2C(=O)CCCC2=O)cc1)C1Cc2ccccc2O1. The van der Waals surface area contributed by atoms with Gasteiger partial charge in [-0.1, -0.05) is 18.2 Å². The lowest BCUT2D eigenvalue weighted by Gasteiger charge is -2.25. The Morgan fingerprint density at radius 1 is 1.00 bits per heavy atom. The Morgan fingerprint density at radius 2 is 1.69 bits per heavy atom. The van der Waals surface area contributed by atoms with Gasteiger partial charge in [0.15, 0.2) is 6.10 Å². The molecule has 0 aliphatic carbocycles. The molecule has 6 heteroatoms. The zero-order valence-corrected chi connectivity index (χ0v) is 14.1. The molecule has 0 spiro atoms. The Bertz CT molecular complexity index is 835. The molecule has 2 aliphatic heterocycles. The number of anilines is 2. The van der Waals surface area contributed by atoms with Crippen LogP contribution in [-0.2, 0) is 20.8 Å². The number of hydrogen-bond acceptors (Lipinski definition) is 4. The summed E-state index contributed by atoms with van der Waals surface area (Å²) < 4.78 is 5.68. The molecule has 0 bridgehead atoms. The third kappa shape index (κ3) is 3.06. The predicted molar refractivity (Wildman–Crippen MR) is 96.0 cm³/mol. The van der Waals surface area contributed by atoms with Crippen LogP contribution in [0.25, 0.3) is 0 Å². The number of ether oxygens (including phenoxy) is 1. The smallest absolute Gasteiger partial charge is 0.265 e. The fourth-order valence-electron chi connectivity index (χ4n) is 3.29. The maximum Gasteiger partial charge on any atom is 0.265 e. The second kappa shape index (κ2) is 6.63. The molecule has 3 amide bonds. The number of amides is 3. The van der Waals surface area contributed by atoms with Crippen LogP contribution in [0.5, 0.6) is 5.75 Å². The van der Waals surface area contributed by atoms with E-state index in [2.05, 4.69) is 5.32 Å². The summed E-state index contributed by atoms with van der Waals surface area (Å²) in [7, 11) is 0. The fraction of sp³-hybridized carbons (Fsp3) is 0.250. The highest BCUT2D eigenvalue weighted by Gasteiger charge is 2.29. The van der Waals surface area contributed by atoms with E-state index in [1.165, 1.54) is 4.90 Å². The van der Waals surface area contributed by atoms with Gasteiger partial charge in [-0.15, -0.1) is 0 Å². The summed E-state index contributed by atoms with van der Waals surface area (Å²) in [5, 5.41) is 2.82. The van der Waals surface area contributed by atoms with E-state index in [1.54, 1.807) is 24.3 Å². The molecule has 0 radical (unpaired) electrons. The number of para-hydroxylation sites is 1. The molecule has 132 valence electrons. The predicted octanol–water partition coefficient (Wildman–Crippen LogP) is 2.67. The highest BCUT2D eigenvalue weighted by atomic mass is 16.5. The summed E-state index contributed by atoms with van der Waals surface area (Å²) >= 11 is 0. The first-order valence-electron chi connectivity index (χ1n) is 8.63. The van der Waals surface area contributed by atoms with Crippen molar-refractivity contribution >= 4 is 29.1 Å². The van der Waals surface area contributed by atoms with Gasteiger partial charge in [-0.05, 0) is 42.3 Å². The first kappa shape index (κ1) is 16.3.